The van der Waals surface area contributed by atoms with Gasteiger partial charge < -0.3 is 4.74 Å². The highest BCUT2D eigenvalue weighted by Gasteiger charge is 2.16. The van der Waals surface area contributed by atoms with E-state index in [9.17, 15) is 9.00 Å². The fourth-order valence-electron chi connectivity index (χ4n) is 1.48. The van der Waals surface area contributed by atoms with E-state index in [1.165, 1.54) is 12.7 Å². The topological polar surface area (TPSA) is 43.4 Å². The minimum absolute atomic E-state index is 0.303. The molecule has 0 spiro atoms. The van der Waals surface area contributed by atoms with E-state index in [0.717, 1.165) is 5.56 Å². The van der Waals surface area contributed by atoms with E-state index in [2.05, 4.69) is 4.74 Å². The van der Waals surface area contributed by atoms with Crippen molar-refractivity contribution in [1.82, 2.24) is 0 Å². The predicted molar refractivity (Wildman–Crippen MR) is 69.1 cm³/mol. The zero-order valence-electron chi connectivity index (χ0n) is 10.4. The van der Waals surface area contributed by atoms with Gasteiger partial charge in [-0.15, -0.1) is 0 Å². The fraction of sp³-hybridized carbons (Fsp3) is 0.462. The van der Waals surface area contributed by atoms with Crippen molar-refractivity contribution in [2.45, 2.75) is 19.6 Å². The standard InChI is InChI=1S/C13H18O3S/c1-10-4-6-12(7-5-10)9-17(15)8-11(2)13(14)16-3/h4-7,11H,8-9H2,1-3H3. The molecule has 2 unspecified atom stereocenters. The first-order valence-electron chi connectivity index (χ1n) is 5.51. The third-order valence-corrected chi connectivity index (χ3v) is 4.01. The monoisotopic (exact) mass is 254 g/mol. The van der Waals surface area contributed by atoms with E-state index in [4.69, 9.17) is 0 Å². The highest BCUT2D eigenvalue weighted by molar-refractivity contribution is 7.84. The number of ether oxygens (including phenoxy) is 1. The molecule has 0 fully saturated rings. The Balaban J connectivity index is 2.50. The Hall–Kier alpha value is -1.16. The normalized spacial score (nSPS) is 14.1. The van der Waals surface area contributed by atoms with Crippen LogP contribution in [0.1, 0.15) is 18.1 Å². The smallest absolute Gasteiger partial charge is 0.309 e. The van der Waals surface area contributed by atoms with Gasteiger partial charge in [0.05, 0.1) is 13.0 Å². The zero-order chi connectivity index (χ0) is 12.8. The molecule has 94 valence electrons. The summed E-state index contributed by atoms with van der Waals surface area (Å²) in [4.78, 5) is 11.2. The fourth-order valence-corrected chi connectivity index (χ4v) is 2.85. The van der Waals surface area contributed by atoms with Gasteiger partial charge in [0.25, 0.3) is 0 Å². The molecule has 0 aliphatic rings. The summed E-state index contributed by atoms with van der Waals surface area (Å²) in [5.74, 6) is 0.218. The summed E-state index contributed by atoms with van der Waals surface area (Å²) in [6.45, 7) is 3.75. The molecule has 0 amide bonds. The summed E-state index contributed by atoms with van der Waals surface area (Å²) in [5, 5.41) is 0. The first kappa shape index (κ1) is 13.9. The van der Waals surface area contributed by atoms with Gasteiger partial charge in [-0.1, -0.05) is 36.8 Å². The Morgan fingerprint density at radius 1 is 1.35 bits per heavy atom. The number of aryl methyl sites for hydroxylation is 1. The first-order valence-corrected chi connectivity index (χ1v) is 7.00. The van der Waals surface area contributed by atoms with E-state index in [1.807, 2.05) is 31.2 Å². The lowest BCUT2D eigenvalue weighted by Crippen LogP contribution is -2.20. The molecule has 0 aliphatic carbocycles. The van der Waals surface area contributed by atoms with Crippen LogP contribution in [0.5, 0.6) is 0 Å². The first-order chi connectivity index (χ1) is 8.02. The van der Waals surface area contributed by atoms with Crippen LogP contribution in [0, 0.1) is 12.8 Å². The lowest BCUT2D eigenvalue weighted by Gasteiger charge is -2.08. The molecule has 1 aromatic rings. The molecule has 0 saturated heterocycles. The van der Waals surface area contributed by atoms with Crippen molar-refractivity contribution in [1.29, 1.82) is 0 Å². The van der Waals surface area contributed by atoms with Gasteiger partial charge >= 0.3 is 5.97 Å². The molecule has 0 aliphatic heterocycles. The molecule has 0 aromatic heterocycles. The second-order valence-corrected chi connectivity index (χ2v) is 5.66. The average Bonchev–Trinajstić information content (AvgIpc) is 2.30. The summed E-state index contributed by atoms with van der Waals surface area (Å²) in [6, 6.07) is 7.93. The molecule has 0 heterocycles. The van der Waals surface area contributed by atoms with Gasteiger partial charge in [0.1, 0.15) is 0 Å². The van der Waals surface area contributed by atoms with Crippen LogP contribution in [0.4, 0.5) is 0 Å². The van der Waals surface area contributed by atoms with Crippen molar-refractivity contribution < 1.29 is 13.7 Å². The van der Waals surface area contributed by atoms with Gasteiger partial charge in [-0.2, -0.15) is 0 Å². The van der Waals surface area contributed by atoms with Crippen LogP contribution in [-0.2, 0) is 26.1 Å². The van der Waals surface area contributed by atoms with Crippen LogP contribution in [-0.4, -0.2) is 23.0 Å². The molecule has 17 heavy (non-hydrogen) atoms. The Morgan fingerprint density at radius 2 is 1.94 bits per heavy atom. The summed E-state index contributed by atoms with van der Waals surface area (Å²) in [6.07, 6.45) is 0. The highest BCUT2D eigenvalue weighted by atomic mass is 32.2. The SMILES string of the molecule is COC(=O)C(C)CS(=O)Cc1ccc(C)cc1. The number of hydrogen-bond donors (Lipinski definition) is 0. The number of benzene rings is 1. The number of hydrogen-bond acceptors (Lipinski definition) is 3. The molecule has 2 atom stereocenters. The molecule has 0 radical (unpaired) electrons. The number of carbonyl (C=O) groups is 1. The molecular formula is C13H18O3S. The van der Waals surface area contributed by atoms with E-state index in [0.29, 0.717) is 11.5 Å². The maximum absolute atomic E-state index is 11.8. The van der Waals surface area contributed by atoms with Gasteiger partial charge in [-0.05, 0) is 12.5 Å². The second-order valence-electron chi connectivity index (χ2n) is 4.16. The number of rotatable bonds is 5. The predicted octanol–water partition coefficient (Wildman–Crippen LogP) is 2.05. The van der Waals surface area contributed by atoms with Crippen molar-refractivity contribution in [2.75, 3.05) is 12.9 Å². The van der Waals surface area contributed by atoms with Crippen molar-refractivity contribution in [3.05, 3.63) is 35.4 Å². The Bertz CT molecular complexity index is 398. The van der Waals surface area contributed by atoms with Gasteiger partial charge in [0, 0.05) is 22.3 Å². The van der Waals surface area contributed by atoms with Crippen LogP contribution >= 0.6 is 0 Å². The second kappa shape index (κ2) is 6.55. The van der Waals surface area contributed by atoms with Gasteiger partial charge in [0.15, 0.2) is 0 Å². The van der Waals surface area contributed by atoms with E-state index in [1.54, 1.807) is 6.92 Å². The van der Waals surface area contributed by atoms with Crippen LogP contribution < -0.4 is 0 Å². The van der Waals surface area contributed by atoms with Crippen molar-refractivity contribution in [3.63, 3.8) is 0 Å². The summed E-state index contributed by atoms with van der Waals surface area (Å²) in [7, 11) is 0.318. The third-order valence-electron chi connectivity index (χ3n) is 2.49. The summed E-state index contributed by atoms with van der Waals surface area (Å²) >= 11 is 0. The largest absolute Gasteiger partial charge is 0.469 e. The Labute approximate surface area is 105 Å². The highest BCUT2D eigenvalue weighted by Crippen LogP contribution is 2.09. The lowest BCUT2D eigenvalue weighted by molar-refractivity contribution is -0.144. The molecule has 0 saturated carbocycles. The molecule has 0 N–H and O–H groups in total. The molecule has 3 nitrogen and oxygen atoms in total. The molecule has 0 bridgehead atoms. The van der Waals surface area contributed by atoms with Crippen LogP contribution in [0.3, 0.4) is 0 Å². The maximum atomic E-state index is 11.8. The molecular weight excluding hydrogens is 236 g/mol. The number of esters is 1. The van der Waals surface area contributed by atoms with Gasteiger partial charge in [0.2, 0.25) is 0 Å². The Kier molecular flexibility index (Phi) is 5.35. The lowest BCUT2D eigenvalue weighted by atomic mass is 10.2. The molecule has 1 rings (SSSR count). The van der Waals surface area contributed by atoms with Crippen LogP contribution in [0.25, 0.3) is 0 Å². The van der Waals surface area contributed by atoms with Gasteiger partial charge in [-0.25, -0.2) is 0 Å². The number of methoxy groups -OCH3 is 1. The van der Waals surface area contributed by atoms with E-state index >= 15 is 0 Å². The van der Waals surface area contributed by atoms with E-state index < -0.39 is 10.8 Å². The molecule has 4 heteroatoms. The average molecular weight is 254 g/mol. The van der Waals surface area contributed by atoms with Crippen molar-refractivity contribution in [2.24, 2.45) is 5.92 Å². The molecule has 1 aromatic carbocycles. The third kappa shape index (κ3) is 4.69. The van der Waals surface area contributed by atoms with E-state index in [-0.39, 0.29) is 11.9 Å². The minimum Gasteiger partial charge on any atom is -0.469 e. The number of carbonyl (C=O) groups excluding carboxylic acids is 1. The minimum atomic E-state index is -1.03. The quantitative estimate of drug-likeness (QED) is 0.755. The van der Waals surface area contributed by atoms with Crippen molar-refractivity contribution >= 4 is 16.8 Å². The zero-order valence-corrected chi connectivity index (χ0v) is 11.3. The summed E-state index contributed by atoms with van der Waals surface area (Å²) < 4.78 is 16.4. The van der Waals surface area contributed by atoms with Crippen LogP contribution in [0.2, 0.25) is 0 Å². The van der Waals surface area contributed by atoms with Crippen molar-refractivity contribution in [3.8, 4) is 0 Å². The maximum Gasteiger partial charge on any atom is 0.309 e. The van der Waals surface area contributed by atoms with Gasteiger partial charge in [-0.3, -0.25) is 9.00 Å². The Morgan fingerprint density at radius 3 is 2.47 bits per heavy atom. The van der Waals surface area contributed by atoms with Crippen LogP contribution in [0.15, 0.2) is 24.3 Å². The summed E-state index contributed by atoms with van der Waals surface area (Å²) in [5.41, 5.74) is 2.22.